The third kappa shape index (κ3) is 1.37. The highest BCUT2D eigenvalue weighted by atomic mass is 16.3. The first kappa shape index (κ1) is 7.33. The fraction of sp³-hybridized carbons (Fsp3) is 0. The van der Waals surface area contributed by atoms with Gasteiger partial charge in [-0.2, -0.15) is 0 Å². The molecule has 0 atom stereocenters. The van der Waals surface area contributed by atoms with Gasteiger partial charge in [0, 0.05) is 0 Å². The molecule has 0 unspecified atom stereocenters. The van der Waals surface area contributed by atoms with Crippen LogP contribution in [-0.2, 0) is 0 Å². The number of nitrogens with two attached hydrogens (primary N) is 1. The molecule has 0 saturated carbocycles. The summed E-state index contributed by atoms with van der Waals surface area (Å²) in [5, 5.41) is 5.26. The highest BCUT2D eigenvalue weighted by Gasteiger charge is 1.99. The van der Waals surface area contributed by atoms with Gasteiger partial charge >= 0.3 is 0 Å². The van der Waals surface area contributed by atoms with E-state index in [1.54, 1.807) is 0 Å². The van der Waals surface area contributed by atoms with E-state index in [0.29, 0.717) is 0 Å². The minimum atomic E-state index is 0.123. The van der Waals surface area contributed by atoms with Crippen LogP contribution in [0.1, 0.15) is 0 Å². The normalized spacial score (nSPS) is 9.09. The lowest BCUT2D eigenvalue weighted by Crippen LogP contribution is -1.83. The Hall–Kier alpha value is -1.78. The Balaban J connectivity index is 3.18. The molecule has 0 radical (unpaired) electrons. The zero-order valence-corrected chi connectivity index (χ0v) is 5.52. The number of hydrogen-bond acceptors (Lipinski definition) is 5. The van der Waals surface area contributed by atoms with Crippen LogP contribution >= 0.6 is 0 Å². The van der Waals surface area contributed by atoms with Gasteiger partial charge in [0.15, 0.2) is 0 Å². The van der Waals surface area contributed by atoms with Crippen LogP contribution in [0.25, 0.3) is 0 Å². The van der Waals surface area contributed by atoms with Gasteiger partial charge in [-0.25, -0.2) is 0 Å². The summed E-state index contributed by atoms with van der Waals surface area (Å²) in [7, 11) is 0. The van der Waals surface area contributed by atoms with E-state index in [-0.39, 0.29) is 17.1 Å². The van der Waals surface area contributed by atoms with E-state index >= 15 is 0 Å². The number of nitroso groups, excluding NO2 is 2. The molecule has 0 bridgehead atoms. The molecule has 5 nitrogen and oxygen atoms in total. The second kappa shape index (κ2) is 2.87. The van der Waals surface area contributed by atoms with Crippen LogP contribution < -0.4 is 5.73 Å². The zero-order valence-electron chi connectivity index (χ0n) is 5.52. The van der Waals surface area contributed by atoms with Gasteiger partial charge in [-0.05, 0) is 28.6 Å². The van der Waals surface area contributed by atoms with E-state index in [1.165, 1.54) is 18.2 Å². The molecule has 2 N–H and O–H groups in total. The number of nitrogen functional groups attached to an aromatic ring is 1. The van der Waals surface area contributed by atoms with Crippen LogP contribution in [-0.4, -0.2) is 0 Å². The van der Waals surface area contributed by atoms with Crippen LogP contribution in [0, 0.1) is 9.81 Å². The summed E-state index contributed by atoms with van der Waals surface area (Å²) >= 11 is 0. The predicted octanol–water partition coefficient (Wildman–Crippen LogP) is 2.06. The van der Waals surface area contributed by atoms with E-state index in [1.807, 2.05) is 0 Å². The van der Waals surface area contributed by atoms with Crippen LogP contribution in [0.4, 0.5) is 17.1 Å². The molecule has 0 saturated heterocycles. The largest absolute Gasteiger partial charge is 0.397 e. The second-order valence-electron chi connectivity index (χ2n) is 1.93. The van der Waals surface area contributed by atoms with Gasteiger partial charge in [0.1, 0.15) is 11.4 Å². The lowest BCUT2D eigenvalue weighted by molar-refractivity contribution is 1.45. The van der Waals surface area contributed by atoms with Crippen molar-refractivity contribution in [2.75, 3.05) is 5.73 Å². The van der Waals surface area contributed by atoms with E-state index < -0.39 is 0 Å². The summed E-state index contributed by atoms with van der Waals surface area (Å²) in [4.78, 5) is 19.9. The van der Waals surface area contributed by atoms with Crippen molar-refractivity contribution >= 4 is 17.1 Å². The van der Waals surface area contributed by atoms with E-state index in [9.17, 15) is 9.81 Å². The topological polar surface area (TPSA) is 84.9 Å². The third-order valence-electron chi connectivity index (χ3n) is 1.21. The van der Waals surface area contributed by atoms with Gasteiger partial charge in [0.05, 0.1) is 5.69 Å². The summed E-state index contributed by atoms with van der Waals surface area (Å²) < 4.78 is 0. The molecule has 0 amide bonds. The Labute approximate surface area is 62.2 Å². The van der Waals surface area contributed by atoms with Gasteiger partial charge < -0.3 is 5.73 Å². The Morgan fingerprint density at radius 2 is 1.91 bits per heavy atom. The molecule has 11 heavy (non-hydrogen) atoms. The maximum Gasteiger partial charge on any atom is 0.131 e. The van der Waals surface area contributed by atoms with Crippen LogP contribution in [0.5, 0.6) is 0 Å². The zero-order chi connectivity index (χ0) is 8.27. The van der Waals surface area contributed by atoms with Gasteiger partial charge in [0.25, 0.3) is 0 Å². The molecule has 0 aliphatic carbocycles. The summed E-state index contributed by atoms with van der Waals surface area (Å²) in [6, 6.07) is 4.02. The molecule has 0 spiro atoms. The average Bonchev–Trinajstić information content (AvgIpc) is 2.04. The highest BCUT2D eigenvalue weighted by molar-refractivity contribution is 5.67. The molecule has 56 valence electrons. The van der Waals surface area contributed by atoms with Gasteiger partial charge in [-0.15, -0.1) is 9.81 Å². The number of benzene rings is 1. The standard InChI is InChI=1S/C6H5N3O2/c7-5-3-4(8-10)1-2-6(5)9-11/h1-3H,7H2. The monoisotopic (exact) mass is 151 g/mol. The first-order valence-electron chi connectivity index (χ1n) is 2.84. The average molecular weight is 151 g/mol. The first-order chi connectivity index (χ1) is 5.27. The summed E-state index contributed by atoms with van der Waals surface area (Å²) in [6.07, 6.45) is 0. The van der Waals surface area contributed by atoms with E-state index in [4.69, 9.17) is 5.73 Å². The van der Waals surface area contributed by atoms with Crippen molar-refractivity contribution in [2.45, 2.75) is 0 Å². The van der Waals surface area contributed by atoms with Crippen molar-refractivity contribution < 1.29 is 0 Å². The molecule has 1 aromatic rings. The van der Waals surface area contributed by atoms with Crippen molar-refractivity contribution in [1.29, 1.82) is 0 Å². The smallest absolute Gasteiger partial charge is 0.131 e. The van der Waals surface area contributed by atoms with Gasteiger partial charge in [-0.1, -0.05) is 0 Å². The van der Waals surface area contributed by atoms with E-state index in [2.05, 4.69) is 10.4 Å². The van der Waals surface area contributed by atoms with Crippen molar-refractivity contribution in [1.82, 2.24) is 0 Å². The molecule has 0 heterocycles. The molecule has 1 aromatic carbocycles. The molecule has 5 heteroatoms. The number of hydrogen-bond donors (Lipinski definition) is 1. The number of nitrogens with zero attached hydrogens (tertiary/aromatic N) is 2. The molecule has 1 rings (SSSR count). The summed E-state index contributed by atoms with van der Waals surface area (Å²) in [5.74, 6) is 0. The lowest BCUT2D eigenvalue weighted by Gasteiger charge is -1.94. The molecular weight excluding hydrogens is 146 g/mol. The maximum absolute atomic E-state index is 9.99. The Morgan fingerprint density at radius 1 is 1.18 bits per heavy atom. The van der Waals surface area contributed by atoms with Gasteiger partial charge in [0.2, 0.25) is 0 Å². The van der Waals surface area contributed by atoms with Crippen molar-refractivity contribution in [3.05, 3.63) is 28.0 Å². The Morgan fingerprint density at radius 3 is 2.36 bits per heavy atom. The van der Waals surface area contributed by atoms with Crippen molar-refractivity contribution in [3.8, 4) is 0 Å². The molecule has 0 aromatic heterocycles. The molecule has 0 aliphatic rings. The summed E-state index contributed by atoms with van der Waals surface area (Å²) in [5.41, 5.74) is 5.79. The summed E-state index contributed by atoms with van der Waals surface area (Å²) in [6.45, 7) is 0. The predicted molar refractivity (Wildman–Crippen MR) is 41.8 cm³/mol. The van der Waals surface area contributed by atoms with Crippen molar-refractivity contribution in [2.24, 2.45) is 10.4 Å². The SMILES string of the molecule is Nc1cc(N=O)ccc1N=O. The Bertz CT molecular complexity index is 298. The first-order valence-corrected chi connectivity index (χ1v) is 2.84. The van der Waals surface area contributed by atoms with Crippen molar-refractivity contribution in [3.63, 3.8) is 0 Å². The second-order valence-corrected chi connectivity index (χ2v) is 1.93. The fourth-order valence-electron chi connectivity index (χ4n) is 0.682. The van der Waals surface area contributed by atoms with Crippen LogP contribution in [0.3, 0.4) is 0 Å². The molecule has 0 fully saturated rings. The lowest BCUT2D eigenvalue weighted by atomic mass is 10.2. The number of anilines is 1. The minimum absolute atomic E-state index is 0.123. The highest BCUT2D eigenvalue weighted by Crippen LogP contribution is 2.26. The maximum atomic E-state index is 9.99. The fourth-order valence-corrected chi connectivity index (χ4v) is 0.682. The number of rotatable bonds is 2. The van der Waals surface area contributed by atoms with E-state index in [0.717, 1.165) is 0 Å². The van der Waals surface area contributed by atoms with Crippen LogP contribution in [0.15, 0.2) is 28.6 Å². The molecular formula is C6H5N3O2. The Kier molecular flexibility index (Phi) is 1.91. The molecule has 0 aliphatic heterocycles. The quantitative estimate of drug-likeness (QED) is 0.518. The third-order valence-corrected chi connectivity index (χ3v) is 1.21. The van der Waals surface area contributed by atoms with Crippen LogP contribution in [0.2, 0.25) is 0 Å². The minimum Gasteiger partial charge on any atom is -0.397 e. The van der Waals surface area contributed by atoms with Gasteiger partial charge in [-0.3, -0.25) is 0 Å².